The summed E-state index contributed by atoms with van der Waals surface area (Å²) in [7, 11) is 0. The van der Waals surface area contributed by atoms with Crippen LogP contribution in [0.25, 0.3) is 0 Å². The maximum atomic E-state index is 5.31. The predicted molar refractivity (Wildman–Crippen MR) is 49.0 cm³/mol. The quantitative estimate of drug-likeness (QED) is 0.605. The van der Waals surface area contributed by atoms with Gasteiger partial charge in [-0.25, -0.2) is 0 Å². The zero-order chi connectivity index (χ0) is 9.24. The third-order valence-electron chi connectivity index (χ3n) is 2.02. The highest BCUT2D eigenvalue weighted by Gasteiger charge is 2.32. The average Bonchev–Trinajstić information content (AvgIpc) is 1.83. The lowest BCUT2D eigenvalue weighted by atomic mass is 9.76. The Morgan fingerprint density at radius 2 is 1.67 bits per heavy atom. The third kappa shape index (κ3) is 3.11. The molecule has 1 heterocycles. The molecule has 0 amide bonds. The van der Waals surface area contributed by atoms with Gasteiger partial charge in [0, 0.05) is 5.41 Å². The SMILES string of the molecule is CC(C)(C)CC1(C)COCOC1. The summed E-state index contributed by atoms with van der Waals surface area (Å²) in [5.74, 6) is 0. The van der Waals surface area contributed by atoms with Crippen LogP contribution in [-0.2, 0) is 9.47 Å². The van der Waals surface area contributed by atoms with Gasteiger partial charge in [-0.3, -0.25) is 0 Å². The van der Waals surface area contributed by atoms with Crippen LogP contribution in [0.1, 0.15) is 34.1 Å². The number of ether oxygens (including phenoxy) is 2. The summed E-state index contributed by atoms with van der Waals surface area (Å²) in [6.07, 6.45) is 1.15. The standard InChI is InChI=1S/C10H20O2/c1-9(2,3)5-10(4)6-11-8-12-7-10/h5-8H2,1-4H3. The number of rotatable bonds is 1. The minimum absolute atomic E-state index is 0.219. The van der Waals surface area contributed by atoms with Crippen LogP contribution in [-0.4, -0.2) is 20.0 Å². The zero-order valence-corrected chi connectivity index (χ0v) is 8.64. The molecular formula is C10H20O2. The second kappa shape index (κ2) is 3.35. The molecule has 1 aliphatic heterocycles. The summed E-state index contributed by atoms with van der Waals surface area (Å²) in [6.45, 7) is 11.2. The first-order chi connectivity index (χ1) is 5.41. The van der Waals surface area contributed by atoms with Crippen LogP contribution in [0, 0.1) is 10.8 Å². The Balaban J connectivity index is 2.47. The Morgan fingerprint density at radius 3 is 2.08 bits per heavy atom. The van der Waals surface area contributed by atoms with Crippen LogP contribution in [0.3, 0.4) is 0 Å². The summed E-state index contributed by atoms with van der Waals surface area (Å²) in [5, 5.41) is 0. The van der Waals surface area contributed by atoms with E-state index in [1.54, 1.807) is 0 Å². The maximum absolute atomic E-state index is 5.31. The van der Waals surface area contributed by atoms with Crippen molar-refractivity contribution in [2.45, 2.75) is 34.1 Å². The van der Waals surface area contributed by atoms with Crippen molar-refractivity contribution >= 4 is 0 Å². The third-order valence-corrected chi connectivity index (χ3v) is 2.02. The van der Waals surface area contributed by atoms with E-state index >= 15 is 0 Å². The molecule has 2 heteroatoms. The van der Waals surface area contributed by atoms with E-state index in [1.807, 2.05) is 0 Å². The summed E-state index contributed by atoms with van der Waals surface area (Å²) in [4.78, 5) is 0. The maximum Gasteiger partial charge on any atom is 0.146 e. The molecule has 2 nitrogen and oxygen atoms in total. The van der Waals surface area contributed by atoms with E-state index < -0.39 is 0 Å². The van der Waals surface area contributed by atoms with Gasteiger partial charge in [0.2, 0.25) is 0 Å². The molecule has 0 bridgehead atoms. The van der Waals surface area contributed by atoms with Crippen molar-refractivity contribution < 1.29 is 9.47 Å². The highest BCUT2D eigenvalue weighted by atomic mass is 16.7. The average molecular weight is 172 g/mol. The Hall–Kier alpha value is -0.0800. The van der Waals surface area contributed by atoms with E-state index in [4.69, 9.17) is 9.47 Å². The first-order valence-electron chi connectivity index (χ1n) is 4.57. The zero-order valence-electron chi connectivity index (χ0n) is 8.64. The van der Waals surface area contributed by atoms with E-state index in [-0.39, 0.29) is 5.41 Å². The van der Waals surface area contributed by atoms with Gasteiger partial charge in [0.25, 0.3) is 0 Å². The van der Waals surface area contributed by atoms with Crippen molar-refractivity contribution in [3.05, 3.63) is 0 Å². The molecular weight excluding hydrogens is 152 g/mol. The lowest BCUT2D eigenvalue weighted by molar-refractivity contribution is -0.167. The Kier molecular flexibility index (Phi) is 2.79. The van der Waals surface area contributed by atoms with Gasteiger partial charge in [-0.2, -0.15) is 0 Å². The normalized spacial score (nSPS) is 24.0. The second-order valence-electron chi connectivity index (χ2n) is 5.36. The van der Waals surface area contributed by atoms with Gasteiger partial charge in [-0.1, -0.05) is 27.7 Å². The van der Waals surface area contributed by atoms with Gasteiger partial charge in [-0.05, 0) is 11.8 Å². The number of hydrogen-bond donors (Lipinski definition) is 0. The van der Waals surface area contributed by atoms with Gasteiger partial charge in [-0.15, -0.1) is 0 Å². The minimum Gasteiger partial charge on any atom is -0.355 e. The highest BCUT2D eigenvalue weighted by molar-refractivity contribution is 4.80. The molecule has 1 aliphatic rings. The van der Waals surface area contributed by atoms with Gasteiger partial charge < -0.3 is 9.47 Å². The molecule has 0 radical (unpaired) electrons. The predicted octanol–water partition coefficient (Wildman–Crippen LogP) is 2.43. The van der Waals surface area contributed by atoms with E-state index in [0.29, 0.717) is 12.2 Å². The lowest BCUT2D eigenvalue weighted by Crippen LogP contribution is -2.37. The van der Waals surface area contributed by atoms with Crippen LogP contribution in [0.2, 0.25) is 0 Å². The van der Waals surface area contributed by atoms with Gasteiger partial charge in [0.1, 0.15) is 6.79 Å². The molecule has 0 saturated carbocycles. The van der Waals surface area contributed by atoms with Crippen molar-refractivity contribution in [2.24, 2.45) is 10.8 Å². The Bertz CT molecular complexity index is 140. The van der Waals surface area contributed by atoms with Gasteiger partial charge in [0.05, 0.1) is 13.2 Å². The molecule has 1 saturated heterocycles. The van der Waals surface area contributed by atoms with Crippen molar-refractivity contribution in [1.82, 2.24) is 0 Å². The highest BCUT2D eigenvalue weighted by Crippen LogP contribution is 2.35. The van der Waals surface area contributed by atoms with Crippen molar-refractivity contribution in [2.75, 3.05) is 20.0 Å². The molecule has 0 spiro atoms. The smallest absolute Gasteiger partial charge is 0.146 e. The summed E-state index contributed by atoms with van der Waals surface area (Å²) >= 11 is 0. The molecule has 0 aromatic rings. The molecule has 0 aliphatic carbocycles. The van der Waals surface area contributed by atoms with E-state index in [2.05, 4.69) is 27.7 Å². The molecule has 72 valence electrons. The van der Waals surface area contributed by atoms with Gasteiger partial charge in [0.15, 0.2) is 0 Å². The Labute approximate surface area is 75.2 Å². The van der Waals surface area contributed by atoms with Crippen LogP contribution in [0.15, 0.2) is 0 Å². The molecule has 0 atom stereocenters. The largest absolute Gasteiger partial charge is 0.355 e. The molecule has 1 fully saturated rings. The molecule has 0 aromatic carbocycles. The summed E-state index contributed by atoms with van der Waals surface area (Å²) in [5.41, 5.74) is 0.579. The fraction of sp³-hybridized carbons (Fsp3) is 1.00. The molecule has 0 unspecified atom stereocenters. The summed E-state index contributed by atoms with van der Waals surface area (Å²) in [6, 6.07) is 0. The van der Waals surface area contributed by atoms with Gasteiger partial charge >= 0.3 is 0 Å². The topological polar surface area (TPSA) is 18.5 Å². The molecule has 0 aromatic heterocycles. The van der Waals surface area contributed by atoms with Crippen LogP contribution >= 0.6 is 0 Å². The van der Waals surface area contributed by atoms with Crippen molar-refractivity contribution in [3.8, 4) is 0 Å². The van der Waals surface area contributed by atoms with E-state index in [9.17, 15) is 0 Å². The monoisotopic (exact) mass is 172 g/mol. The number of hydrogen-bond acceptors (Lipinski definition) is 2. The fourth-order valence-electron chi connectivity index (χ4n) is 2.06. The van der Waals surface area contributed by atoms with Crippen molar-refractivity contribution in [3.63, 3.8) is 0 Å². The Morgan fingerprint density at radius 1 is 1.17 bits per heavy atom. The molecule has 12 heavy (non-hydrogen) atoms. The second-order valence-corrected chi connectivity index (χ2v) is 5.36. The minimum atomic E-state index is 0.219. The van der Waals surface area contributed by atoms with E-state index in [0.717, 1.165) is 19.6 Å². The summed E-state index contributed by atoms with van der Waals surface area (Å²) < 4.78 is 10.6. The van der Waals surface area contributed by atoms with Crippen LogP contribution < -0.4 is 0 Å². The first-order valence-corrected chi connectivity index (χ1v) is 4.57. The van der Waals surface area contributed by atoms with Crippen LogP contribution in [0.4, 0.5) is 0 Å². The molecule has 0 N–H and O–H groups in total. The molecule has 1 rings (SSSR count). The van der Waals surface area contributed by atoms with E-state index in [1.165, 1.54) is 0 Å². The van der Waals surface area contributed by atoms with Crippen LogP contribution in [0.5, 0.6) is 0 Å². The fourth-order valence-corrected chi connectivity index (χ4v) is 2.06. The van der Waals surface area contributed by atoms with Crippen molar-refractivity contribution in [1.29, 1.82) is 0 Å². The lowest BCUT2D eigenvalue weighted by Gasteiger charge is -2.37. The first kappa shape index (κ1) is 10.0.